The van der Waals surface area contributed by atoms with E-state index in [0.29, 0.717) is 17.7 Å². The van der Waals surface area contributed by atoms with Crippen molar-refractivity contribution < 1.29 is 14.8 Å². The number of aromatic hydroxyl groups is 1. The van der Waals surface area contributed by atoms with E-state index in [4.69, 9.17) is 16.3 Å². The standard InChI is InChI=1S/C24H17ClN2O4/c25-21-14-22(27(29)30)24(28)23-20(21)13-10-18(26-23)9-6-16-7-11-19(12-8-16)31-15-17-4-2-1-3-5-17/h1-14,28H,15H2/b9-6+. The summed E-state index contributed by atoms with van der Waals surface area (Å²) in [5.41, 5.74) is 2.17. The molecule has 0 aliphatic rings. The van der Waals surface area contributed by atoms with Crippen molar-refractivity contribution in [1.29, 1.82) is 0 Å². The summed E-state index contributed by atoms with van der Waals surface area (Å²) in [6.07, 6.45) is 3.61. The van der Waals surface area contributed by atoms with Crippen molar-refractivity contribution >= 4 is 40.3 Å². The third-order valence-electron chi connectivity index (χ3n) is 4.68. The lowest BCUT2D eigenvalue weighted by Gasteiger charge is -2.06. The number of fused-ring (bicyclic) bond motifs is 1. The lowest BCUT2D eigenvalue weighted by atomic mass is 10.1. The van der Waals surface area contributed by atoms with Gasteiger partial charge in [0, 0.05) is 11.5 Å². The molecule has 7 heteroatoms. The zero-order valence-electron chi connectivity index (χ0n) is 16.2. The molecule has 0 aliphatic carbocycles. The Morgan fingerprint density at radius 3 is 2.48 bits per heavy atom. The summed E-state index contributed by atoms with van der Waals surface area (Å²) in [5.74, 6) is 0.260. The quantitative estimate of drug-likeness (QED) is 0.287. The van der Waals surface area contributed by atoms with Gasteiger partial charge in [-0.05, 0) is 41.5 Å². The predicted molar refractivity (Wildman–Crippen MR) is 121 cm³/mol. The molecule has 6 nitrogen and oxygen atoms in total. The summed E-state index contributed by atoms with van der Waals surface area (Å²) in [7, 11) is 0. The molecule has 1 N–H and O–H groups in total. The third-order valence-corrected chi connectivity index (χ3v) is 4.99. The van der Waals surface area contributed by atoms with Crippen molar-refractivity contribution in [2.24, 2.45) is 0 Å². The lowest BCUT2D eigenvalue weighted by Crippen LogP contribution is -1.94. The van der Waals surface area contributed by atoms with Crippen molar-refractivity contribution in [3.63, 3.8) is 0 Å². The minimum atomic E-state index is -0.688. The molecule has 0 bridgehead atoms. The molecule has 0 unspecified atom stereocenters. The van der Waals surface area contributed by atoms with E-state index in [-0.39, 0.29) is 10.5 Å². The highest BCUT2D eigenvalue weighted by atomic mass is 35.5. The largest absolute Gasteiger partial charge is 0.501 e. The normalized spacial score (nSPS) is 11.1. The minimum absolute atomic E-state index is 0.0889. The second-order valence-electron chi connectivity index (χ2n) is 6.79. The maximum absolute atomic E-state index is 11.1. The van der Waals surface area contributed by atoms with Crippen LogP contribution < -0.4 is 4.74 Å². The minimum Gasteiger partial charge on any atom is -0.501 e. The van der Waals surface area contributed by atoms with E-state index in [1.165, 1.54) is 0 Å². The highest BCUT2D eigenvalue weighted by Crippen LogP contribution is 2.38. The topological polar surface area (TPSA) is 85.5 Å². The highest BCUT2D eigenvalue weighted by molar-refractivity contribution is 6.36. The third kappa shape index (κ3) is 4.65. The maximum Gasteiger partial charge on any atom is 0.314 e. The van der Waals surface area contributed by atoms with Gasteiger partial charge in [-0.15, -0.1) is 0 Å². The molecule has 0 spiro atoms. The first-order valence-electron chi connectivity index (χ1n) is 9.43. The van der Waals surface area contributed by atoms with E-state index in [1.807, 2.05) is 60.7 Å². The van der Waals surface area contributed by atoms with Gasteiger partial charge in [-0.25, -0.2) is 4.98 Å². The van der Waals surface area contributed by atoms with E-state index < -0.39 is 16.4 Å². The van der Waals surface area contributed by atoms with Gasteiger partial charge in [-0.2, -0.15) is 0 Å². The number of benzene rings is 3. The molecule has 0 amide bonds. The molecule has 154 valence electrons. The molecule has 0 radical (unpaired) electrons. The van der Waals surface area contributed by atoms with Crippen molar-refractivity contribution in [2.45, 2.75) is 6.61 Å². The Bertz CT molecular complexity index is 1270. The molecule has 4 aromatic rings. The summed E-state index contributed by atoms with van der Waals surface area (Å²) in [4.78, 5) is 14.7. The Morgan fingerprint density at radius 2 is 1.77 bits per heavy atom. The molecular formula is C24H17ClN2O4. The Morgan fingerprint density at radius 1 is 1.03 bits per heavy atom. The second-order valence-corrected chi connectivity index (χ2v) is 7.20. The Labute approximate surface area is 183 Å². The molecule has 4 rings (SSSR count). The van der Waals surface area contributed by atoms with Gasteiger partial charge in [0.15, 0.2) is 0 Å². The number of aromatic nitrogens is 1. The van der Waals surface area contributed by atoms with Crippen molar-refractivity contribution in [1.82, 2.24) is 4.98 Å². The molecule has 0 aliphatic heterocycles. The van der Waals surface area contributed by atoms with Crippen LogP contribution in [0.25, 0.3) is 23.1 Å². The van der Waals surface area contributed by atoms with Gasteiger partial charge in [0.2, 0.25) is 5.75 Å². The smallest absolute Gasteiger partial charge is 0.314 e. The van der Waals surface area contributed by atoms with Crippen LogP contribution in [0.15, 0.2) is 72.8 Å². The van der Waals surface area contributed by atoms with Gasteiger partial charge in [-0.3, -0.25) is 10.1 Å². The average molecular weight is 433 g/mol. The summed E-state index contributed by atoms with van der Waals surface area (Å²) in [5, 5.41) is 21.9. The lowest BCUT2D eigenvalue weighted by molar-refractivity contribution is -0.385. The van der Waals surface area contributed by atoms with Gasteiger partial charge in [-0.1, -0.05) is 60.1 Å². The Kier molecular flexibility index (Phi) is 5.82. The number of hydrogen-bond acceptors (Lipinski definition) is 5. The maximum atomic E-state index is 11.1. The van der Waals surface area contributed by atoms with Gasteiger partial charge >= 0.3 is 5.69 Å². The number of rotatable bonds is 6. The van der Waals surface area contributed by atoms with Crippen LogP contribution in [0.1, 0.15) is 16.8 Å². The number of phenols is 1. The molecule has 3 aromatic carbocycles. The molecule has 0 atom stereocenters. The Hall–Kier alpha value is -3.90. The number of nitro groups is 1. The molecule has 1 aromatic heterocycles. The predicted octanol–water partition coefficient (Wildman–Crippen LogP) is 6.25. The first-order chi connectivity index (χ1) is 15.0. The number of phenolic OH excluding ortho intramolecular Hbond substituents is 1. The van der Waals surface area contributed by atoms with E-state index >= 15 is 0 Å². The molecule has 0 saturated carbocycles. The van der Waals surface area contributed by atoms with E-state index in [9.17, 15) is 15.2 Å². The van der Waals surface area contributed by atoms with E-state index in [0.717, 1.165) is 22.9 Å². The average Bonchev–Trinajstić information content (AvgIpc) is 2.79. The molecule has 31 heavy (non-hydrogen) atoms. The summed E-state index contributed by atoms with van der Waals surface area (Å²) in [6.45, 7) is 0.495. The van der Waals surface area contributed by atoms with Gasteiger partial charge in [0.25, 0.3) is 0 Å². The van der Waals surface area contributed by atoms with Crippen LogP contribution in [0.4, 0.5) is 5.69 Å². The summed E-state index contributed by atoms with van der Waals surface area (Å²) < 4.78 is 5.78. The van der Waals surface area contributed by atoms with Crippen LogP contribution in [0, 0.1) is 10.1 Å². The van der Waals surface area contributed by atoms with Crippen LogP contribution in [0.2, 0.25) is 5.02 Å². The SMILES string of the molecule is O=[N+]([O-])c1cc(Cl)c2ccc(/C=C/c3ccc(OCc4ccccc4)cc3)nc2c1O. The first kappa shape index (κ1) is 20.4. The van der Waals surface area contributed by atoms with Crippen molar-refractivity contribution in [3.8, 4) is 11.5 Å². The number of nitro benzene ring substituents is 1. The first-order valence-corrected chi connectivity index (χ1v) is 9.80. The van der Waals surface area contributed by atoms with Crippen LogP contribution in [-0.4, -0.2) is 15.0 Å². The van der Waals surface area contributed by atoms with Crippen LogP contribution in [-0.2, 0) is 6.61 Å². The number of nitrogens with zero attached hydrogens (tertiary/aromatic N) is 2. The van der Waals surface area contributed by atoms with Crippen LogP contribution in [0.3, 0.4) is 0 Å². The molecule has 0 fully saturated rings. The van der Waals surface area contributed by atoms with Gasteiger partial charge in [0.05, 0.1) is 15.6 Å². The highest BCUT2D eigenvalue weighted by Gasteiger charge is 2.20. The fourth-order valence-electron chi connectivity index (χ4n) is 3.06. The Balaban J connectivity index is 1.51. The molecule has 1 heterocycles. The van der Waals surface area contributed by atoms with Gasteiger partial charge < -0.3 is 9.84 Å². The van der Waals surface area contributed by atoms with Gasteiger partial charge in [0.1, 0.15) is 17.9 Å². The van der Waals surface area contributed by atoms with E-state index in [2.05, 4.69) is 4.98 Å². The summed E-state index contributed by atoms with van der Waals surface area (Å²) >= 11 is 6.10. The van der Waals surface area contributed by atoms with Crippen LogP contribution in [0.5, 0.6) is 11.5 Å². The van der Waals surface area contributed by atoms with Crippen molar-refractivity contribution in [3.05, 3.63) is 105 Å². The number of ether oxygens (including phenoxy) is 1. The summed E-state index contributed by atoms with van der Waals surface area (Å²) in [6, 6.07) is 22.0. The number of halogens is 1. The second kappa shape index (κ2) is 8.85. The van der Waals surface area contributed by atoms with Crippen LogP contribution >= 0.6 is 11.6 Å². The zero-order chi connectivity index (χ0) is 21.8. The number of pyridine rings is 1. The van der Waals surface area contributed by atoms with E-state index in [1.54, 1.807) is 18.2 Å². The monoisotopic (exact) mass is 432 g/mol. The number of hydrogen-bond donors (Lipinski definition) is 1. The molecule has 0 saturated heterocycles. The fraction of sp³-hybridized carbons (Fsp3) is 0.0417. The van der Waals surface area contributed by atoms with Crippen molar-refractivity contribution in [2.75, 3.05) is 0 Å². The fourth-order valence-corrected chi connectivity index (χ4v) is 3.32. The molecular weight excluding hydrogens is 416 g/mol. The zero-order valence-corrected chi connectivity index (χ0v) is 17.0.